The monoisotopic (exact) mass is 594 g/mol. The molecule has 1 aromatic heterocycles. The number of ether oxygens (including phenoxy) is 2. The molecule has 0 spiro atoms. The number of piperidine rings is 1. The van der Waals surface area contributed by atoms with Crippen LogP contribution in [0.5, 0.6) is 5.75 Å². The summed E-state index contributed by atoms with van der Waals surface area (Å²) in [6.07, 6.45) is 1.45. The van der Waals surface area contributed by atoms with E-state index in [1.54, 1.807) is 24.7 Å². The molecule has 0 saturated carbocycles. The van der Waals surface area contributed by atoms with Gasteiger partial charge < -0.3 is 14.4 Å². The second-order valence-corrected chi connectivity index (χ2v) is 12.9. The number of rotatable bonds is 12. The van der Waals surface area contributed by atoms with Gasteiger partial charge in [0, 0.05) is 43.3 Å². The Hall–Kier alpha value is -2.90. The standard InChI is InChI=1S/C28H32F2N2O6S2/c1-37-16-14-32-12-10-28(11-13-32,27(33)31-34)40(35,36)24-7-5-22(6-8-24)38-15-2-3-23-17-20(19-39-23)25-9-4-21(29)18-26(25)30/h4-9,17-19,34H,2-3,10-16H2,1H3,(H,31,33). The lowest BCUT2D eigenvalue weighted by molar-refractivity contribution is -0.133. The highest BCUT2D eigenvalue weighted by Gasteiger charge is 2.52. The molecule has 0 radical (unpaired) electrons. The van der Waals surface area contributed by atoms with Crippen LogP contribution in [-0.4, -0.2) is 69.1 Å². The van der Waals surface area contributed by atoms with Crippen molar-refractivity contribution in [2.45, 2.75) is 35.3 Å². The second-order valence-electron chi connectivity index (χ2n) is 9.62. The van der Waals surface area contributed by atoms with E-state index in [4.69, 9.17) is 9.47 Å². The predicted molar refractivity (Wildman–Crippen MR) is 147 cm³/mol. The number of halogens is 2. The number of amides is 1. The van der Waals surface area contributed by atoms with Gasteiger partial charge in [-0.25, -0.2) is 22.7 Å². The number of sulfone groups is 1. The van der Waals surface area contributed by atoms with Crippen molar-refractivity contribution in [3.05, 3.63) is 70.4 Å². The van der Waals surface area contributed by atoms with Crippen molar-refractivity contribution < 1.29 is 36.7 Å². The summed E-state index contributed by atoms with van der Waals surface area (Å²) in [7, 11) is -2.53. The van der Waals surface area contributed by atoms with Crippen LogP contribution >= 0.6 is 11.3 Å². The fourth-order valence-corrected chi connectivity index (χ4v) is 7.72. The number of hydrogen-bond acceptors (Lipinski definition) is 8. The minimum Gasteiger partial charge on any atom is -0.494 e. The van der Waals surface area contributed by atoms with Crippen LogP contribution in [0, 0.1) is 11.6 Å². The van der Waals surface area contributed by atoms with E-state index in [2.05, 4.69) is 0 Å². The molecule has 216 valence electrons. The van der Waals surface area contributed by atoms with Gasteiger partial charge >= 0.3 is 0 Å². The van der Waals surface area contributed by atoms with Gasteiger partial charge in [-0.2, -0.15) is 0 Å². The molecular formula is C28H32F2N2O6S2. The Balaban J connectivity index is 1.34. The highest BCUT2D eigenvalue weighted by molar-refractivity contribution is 7.93. The number of hydrogen-bond donors (Lipinski definition) is 2. The predicted octanol–water partition coefficient (Wildman–Crippen LogP) is 4.47. The van der Waals surface area contributed by atoms with Gasteiger partial charge in [0.15, 0.2) is 14.6 Å². The fourth-order valence-electron chi connectivity index (χ4n) is 4.83. The maximum atomic E-state index is 14.1. The van der Waals surface area contributed by atoms with Crippen LogP contribution in [0.4, 0.5) is 8.78 Å². The molecule has 1 fully saturated rings. The van der Waals surface area contributed by atoms with E-state index in [0.717, 1.165) is 10.9 Å². The molecule has 3 aromatic rings. The summed E-state index contributed by atoms with van der Waals surface area (Å²) >= 11 is 1.49. The van der Waals surface area contributed by atoms with Gasteiger partial charge in [-0.15, -0.1) is 11.3 Å². The lowest BCUT2D eigenvalue weighted by atomic mass is 9.95. The average Bonchev–Trinajstić information content (AvgIpc) is 3.42. The van der Waals surface area contributed by atoms with Crippen molar-refractivity contribution >= 4 is 27.1 Å². The lowest BCUT2D eigenvalue weighted by Gasteiger charge is -2.39. The topological polar surface area (TPSA) is 105 Å². The summed E-state index contributed by atoms with van der Waals surface area (Å²) in [5.41, 5.74) is 2.62. The maximum Gasteiger partial charge on any atom is 0.265 e. The molecule has 4 rings (SSSR count). The van der Waals surface area contributed by atoms with Crippen LogP contribution in [-0.2, 0) is 25.8 Å². The molecule has 2 N–H and O–H groups in total. The minimum atomic E-state index is -4.11. The van der Waals surface area contributed by atoms with Crippen molar-refractivity contribution in [3.8, 4) is 16.9 Å². The van der Waals surface area contributed by atoms with Crippen LogP contribution in [0.1, 0.15) is 24.1 Å². The molecule has 8 nitrogen and oxygen atoms in total. The van der Waals surface area contributed by atoms with Crippen molar-refractivity contribution in [1.29, 1.82) is 0 Å². The number of carbonyl (C=O) groups is 1. The Kier molecular flexibility index (Phi) is 9.90. The number of nitrogens with zero attached hydrogens (tertiary/aromatic N) is 1. The number of aryl methyl sites for hydroxylation is 1. The Labute approximate surface area is 236 Å². The van der Waals surface area contributed by atoms with E-state index in [1.165, 1.54) is 35.6 Å². The van der Waals surface area contributed by atoms with Crippen LogP contribution in [0.25, 0.3) is 11.1 Å². The number of benzene rings is 2. The lowest BCUT2D eigenvalue weighted by Crippen LogP contribution is -2.57. The molecule has 40 heavy (non-hydrogen) atoms. The number of methoxy groups -OCH3 is 1. The average molecular weight is 595 g/mol. The first-order chi connectivity index (χ1) is 19.2. The number of likely N-dealkylation sites (tertiary alicyclic amines) is 1. The molecule has 0 atom stereocenters. The van der Waals surface area contributed by atoms with Gasteiger partial charge in [0.2, 0.25) is 0 Å². The van der Waals surface area contributed by atoms with Gasteiger partial charge in [0.1, 0.15) is 17.4 Å². The molecule has 0 unspecified atom stereocenters. The van der Waals surface area contributed by atoms with E-state index in [9.17, 15) is 27.2 Å². The summed E-state index contributed by atoms with van der Waals surface area (Å²) < 4.78 is 63.5. The summed E-state index contributed by atoms with van der Waals surface area (Å²) in [4.78, 5) is 15.7. The Morgan fingerprint density at radius 2 is 1.82 bits per heavy atom. The van der Waals surface area contributed by atoms with Gasteiger partial charge in [0.25, 0.3) is 5.91 Å². The van der Waals surface area contributed by atoms with E-state index in [1.807, 2.05) is 16.3 Å². The molecule has 0 aliphatic carbocycles. The van der Waals surface area contributed by atoms with Crippen molar-refractivity contribution in [2.24, 2.45) is 0 Å². The Bertz CT molecular complexity index is 1400. The zero-order chi connectivity index (χ0) is 28.8. The quantitative estimate of drug-likeness (QED) is 0.181. The highest BCUT2D eigenvalue weighted by Crippen LogP contribution is 2.36. The van der Waals surface area contributed by atoms with E-state index in [0.29, 0.717) is 62.6 Å². The zero-order valence-corrected chi connectivity index (χ0v) is 23.7. The van der Waals surface area contributed by atoms with Crippen molar-refractivity contribution in [1.82, 2.24) is 10.4 Å². The summed E-state index contributed by atoms with van der Waals surface area (Å²) in [5, 5.41) is 11.2. The summed E-state index contributed by atoms with van der Waals surface area (Å²) in [6.45, 7) is 2.25. The van der Waals surface area contributed by atoms with Crippen LogP contribution in [0.15, 0.2) is 58.8 Å². The zero-order valence-electron chi connectivity index (χ0n) is 22.1. The van der Waals surface area contributed by atoms with E-state index >= 15 is 0 Å². The molecule has 1 saturated heterocycles. The van der Waals surface area contributed by atoms with E-state index < -0.39 is 32.1 Å². The van der Waals surface area contributed by atoms with Crippen molar-refractivity contribution in [3.63, 3.8) is 0 Å². The normalized spacial score (nSPS) is 15.6. The molecule has 1 amide bonds. The third-order valence-corrected chi connectivity index (χ3v) is 10.7. The number of nitrogens with one attached hydrogen (secondary N) is 1. The molecule has 1 aliphatic heterocycles. The smallest absolute Gasteiger partial charge is 0.265 e. The first-order valence-corrected chi connectivity index (χ1v) is 15.2. The molecule has 2 heterocycles. The highest BCUT2D eigenvalue weighted by atomic mass is 32.2. The SMILES string of the molecule is COCCN1CCC(C(=O)NO)(S(=O)(=O)c2ccc(OCCCc3cc(-c4ccc(F)cc4F)cs3)cc2)CC1. The number of hydroxylamine groups is 1. The van der Waals surface area contributed by atoms with E-state index in [-0.39, 0.29) is 17.7 Å². The van der Waals surface area contributed by atoms with Crippen LogP contribution in [0.2, 0.25) is 0 Å². The molecule has 0 bridgehead atoms. The second kappa shape index (κ2) is 13.2. The summed E-state index contributed by atoms with van der Waals surface area (Å²) in [5.74, 6) is -1.67. The molecule has 2 aromatic carbocycles. The molecule has 12 heteroatoms. The fraction of sp³-hybridized carbons (Fsp3) is 0.393. The van der Waals surface area contributed by atoms with Gasteiger partial charge in [-0.05, 0) is 79.1 Å². The van der Waals surface area contributed by atoms with Crippen LogP contribution < -0.4 is 10.2 Å². The van der Waals surface area contributed by atoms with Gasteiger partial charge in [-0.1, -0.05) is 0 Å². The largest absolute Gasteiger partial charge is 0.494 e. The minimum absolute atomic E-state index is 0.0204. The first-order valence-electron chi connectivity index (χ1n) is 12.9. The number of carbonyl (C=O) groups excluding carboxylic acids is 1. The first kappa shape index (κ1) is 30.1. The van der Waals surface area contributed by atoms with Crippen LogP contribution in [0.3, 0.4) is 0 Å². The van der Waals surface area contributed by atoms with Gasteiger partial charge in [-0.3, -0.25) is 10.0 Å². The molecule has 1 aliphatic rings. The maximum absolute atomic E-state index is 14.1. The Morgan fingerprint density at radius 1 is 1.10 bits per heavy atom. The molecular weight excluding hydrogens is 562 g/mol. The Morgan fingerprint density at radius 3 is 2.48 bits per heavy atom. The summed E-state index contributed by atoms with van der Waals surface area (Å²) in [6, 6.07) is 11.3. The van der Waals surface area contributed by atoms with Crippen molar-refractivity contribution in [2.75, 3.05) is 40.0 Å². The van der Waals surface area contributed by atoms with Gasteiger partial charge in [0.05, 0.1) is 18.1 Å². The number of thiophene rings is 1. The third kappa shape index (κ3) is 6.52. The third-order valence-electron chi connectivity index (χ3n) is 7.17.